The molecular formula is C31H36N4O10. The Kier molecular flexibility index (Phi) is 9.94. The van der Waals surface area contributed by atoms with Crippen molar-refractivity contribution < 1.29 is 38.1 Å². The van der Waals surface area contributed by atoms with Crippen molar-refractivity contribution in [1.29, 1.82) is 0 Å². The first-order valence-electron chi connectivity index (χ1n) is 14.4. The minimum Gasteiger partial charge on any atom is -0.463 e. The molecule has 2 aliphatic rings. The number of Topliss-reactive ketones (excluding diaryl/α,β-unsaturated/α-hetero) is 1. The monoisotopic (exact) mass is 624 g/mol. The van der Waals surface area contributed by atoms with Crippen molar-refractivity contribution in [2.24, 2.45) is 5.41 Å². The number of rotatable bonds is 11. The zero-order valence-electron chi connectivity index (χ0n) is 25.5. The molecule has 14 nitrogen and oxygen atoms in total. The van der Waals surface area contributed by atoms with Gasteiger partial charge >= 0.3 is 23.7 Å². The van der Waals surface area contributed by atoms with Crippen LogP contribution in [-0.4, -0.2) is 77.4 Å². The number of hydrogen-bond donors (Lipinski definition) is 2. The summed E-state index contributed by atoms with van der Waals surface area (Å²) in [6, 6.07) is 7.67. The van der Waals surface area contributed by atoms with Crippen LogP contribution in [0.25, 0.3) is 0 Å². The highest BCUT2D eigenvalue weighted by Gasteiger charge is 2.57. The molecule has 2 N–H and O–H groups in total. The average molecular weight is 625 g/mol. The van der Waals surface area contributed by atoms with Crippen LogP contribution in [-0.2, 0) is 39.8 Å². The second kappa shape index (κ2) is 13.5. The van der Waals surface area contributed by atoms with Crippen LogP contribution in [0.5, 0.6) is 0 Å². The molecule has 0 aliphatic carbocycles. The number of hydrogen-bond acceptors (Lipinski definition) is 10. The number of aromatic amines is 1. The molecule has 0 bridgehead atoms. The van der Waals surface area contributed by atoms with Gasteiger partial charge in [-0.15, -0.1) is 6.42 Å². The molecule has 0 radical (unpaired) electrons. The number of esters is 2. The molecule has 0 saturated carbocycles. The number of benzene rings is 1. The number of ketones is 1. The second-order valence-corrected chi connectivity index (χ2v) is 11.0. The van der Waals surface area contributed by atoms with Crippen molar-refractivity contribution in [2.75, 3.05) is 31.2 Å². The maximum absolute atomic E-state index is 13.4. The van der Waals surface area contributed by atoms with Crippen molar-refractivity contribution in [3.63, 3.8) is 0 Å². The Balaban J connectivity index is 1.66. The van der Waals surface area contributed by atoms with Gasteiger partial charge in [0.05, 0.1) is 18.6 Å². The fourth-order valence-electron chi connectivity index (χ4n) is 5.42. The van der Waals surface area contributed by atoms with Gasteiger partial charge in [-0.2, -0.15) is 0 Å². The number of urea groups is 1. The second-order valence-electron chi connectivity index (χ2n) is 11.0. The lowest BCUT2D eigenvalue weighted by Crippen LogP contribution is -2.53. The first-order chi connectivity index (χ1) is 21.4. The molecular weight excluding hydrogens is 588 g/mol. The van der Waals surface area contributed by atoms with E-state index in [1.807, 2.05) is 0 Å². The van der Waals surface area contributed by atoms with E-state index < -0.39 is 65.0 Å². The summed E-state index contributed by atoms with van der Waals surface area (Å²) in [5.74, 6) is 0.299. The number of carbonyl (C=O) groups is 4. The fourth-order valence-corrected chi connectivity index (χ4v) is 5.42. The van der Waals surface area contributed by atoms with Crippen molar-refractivity contribution in [1.82, 2.24) is 14.9 Å². The smallest absolute Gasteiger partial charge is 0.346 e. The quantitative estimate of drug-likeness (QED) is 0.209. The summed E-state index contributed by atoms with van der Waals surface area (Å²) in [7, 11) is 0. The molecule has 240 valence electrons. The number of carbonyl (C=O) groups excluding carboxylic acids is 4. The molecule has 2 saturated heterocycles. The van der Waals surface area contributed by atoms with E-state index in [9.17, 15) is 28.8 Å². The Bertz CT molecular complexity index is 1610. The SMILES string of the molecule is C#C[C@@]1(C)[C@@H](COC(Cc2ccc(N3CCCNC3=O)cc2)(C(C)=O)C(=O)OCC)O[C@@H](n2ccc(=O)[nH]c2=O)[C@@H]1OC(C)=O. The lowest BCUT2D eigenvalue weighted by atomic mass is 9.81. The van der Waals surface area contributed by atoms with Crippen LogP contribution in [0.2, 0.25) is 0 Å². The molecule has 0 spiro atoms. The van der Waals surface area contributed by atoms with Crippen LogP contribution in [0.4, 0.5) is 10.5 Å². The average Bonchev–Trinajstić information content (AvgIpc) is 3.26. The Morgan fingerprint density at radius 3 is 2.44 bits per heavy atom. The zero-order valence-corrected chi connectivity index (χ0v) is 25.5. The molecule has 2 aromatic rings. The third-order valence-corrected chi connectivity index (χ3v) is 7.99. The summed E-state index contributed by atoms with van der Waals surface area (Å²) in [6.07, 6.45) is 4.07. The Labute approximate surface area is 259 Å². The highest BCUT2D eigenvalue weighted by Crippen LogP contribution is 2.45. The summed E-state index contributed by atoms with van der Waals surface area (Å²) in [5, 5.41) is 2.79. The number of nitrogens with one attached hydrogen (secondary N) is 2. The highest BCUT2D eigenvalue weighted by molar-refractivity contribution is 6.06. The van der Waals surface area contributed by atoms with Gasteiger partial charge in [-0.1, -0.05) is 18.1 Å². The van der Waals surface area contributed by atoms with E-state index in [4.69, 9.17) is 25.4 Å². The minimum absolute atomic E-state index is 0.0338. The van der Waals surface area contributed by atoms with Gasteiger partial charge in [0.2, 0.25) is 5.60 Å². The van der Waals surface area contributed by atoms with E-state index in [0.29, 0.717) is 24.3 Å². The van der Waals surface area contributed by atoms with Crippen LogP contribution in [0.3, 0.4) is 0 Å². The van der Waals surface area contributed by atoms with E-state index in [0.717, 1.165) is 24.0 Å². The van der Waals surface area contributed by atoms with Crippen LogP contribution in [0, 0.1) is 17.8 Å². The molecule has 2 fully saturated rings. The molecule has 1 aromatic carbocycles. The van der Waals surface area contributed by atoms with E-state index in [-0.39, 0.29) is 19.1 Å². The number of nitrogens with zero attached hydrogens (tertiary/aromatic N) is 2. The maximum atomic E-state index is 13.4. The van der Waals surface area contributed by atoms with Gasteiger partial charge in [0, 0.05) is 44.4 Å². The molecule has 4 rings (SSSR count). The fraction of sp³-hybridized carbons (Fsp3) is 0.484. The first-order valence-corrected chi connectivity index (χ1v) is 14.4. The minimum atomic E-state index is -2.12. The molecule has 45 heavy (non-hydrogen) atoms. The lowest BCUT2D eigenvalue weighted by Gasteiger charge is -2.33. The van der Waals surface area contributed by atoms with Gasteiger partial charge in [0.25, 0.3) is 5.56 Å². The topological polar surface area (TPSA) is 175 Å². The normalized spacial score (nSPS) is 24.2. The van der Waals surface area contributed by atoms with Crippen molar-refractivity contribution >= 4 is 29.4 Å². The Hall–Kier alpha value is -4.74. The van der Waals surface area contributed by atoms with Crippen molar-refractivity contribution in [2.45, 2.75) is 64.6 Å². The first kappa shape index (κ1) is 33.2. The van der Waals surface area contributed by atoms with E-state index >= 15 is 0 Å². The summed E-state index contributed by atoms with van der Waals surface area (Å²) < 4.78 is 24.1. The van der Waals surface area contributed by atoms with Gasteiger partial charge < -0.3 is 24.3 Å². The summed E-state index contributed by atoms with van der Waals surface area (Å²) in [5.41, 5.74) is -3.83. The van der Waals surface area contributed by atoms with Crippen LogP contribution < -0.4 is 21.5 Å². The number of terminal acetylenes is 1. The molecule has 2 amide bonds. The maximum Gasteiger partial charge on any atom is 0.346 e. The highest BCUT2D eigenvalue weighted by atomic mass is 16.6. The van der Waals surface area contributed by atoms with Crippen LogP contribution in [0.15, 0.2) is 46.1 Å². The summed E-state index contributed by atoms with van der Waals surface area (Å²) in [6.45, 7) is 6.17. The molecule has 2 aliphatic heterocycles. The largest absolute Gasteiger partial charge is 0.463 e. The van der Waals surface area contributed by atoms with Crippen LogP contribution >= 0.6 is 0 Å². The van der Waals surface area contributed by atoms with E-state index in [2.05, 4.69) is 16.2 Å². The molecule has 3 heterocycles. The molecule has 5 atom stereocenters. The van der Waals surface area contributed by atoms with Gasteiger partial charge in [0.1, 0.15) is 6.10 Å². The van der Waals surface area contributed by atoms with E-state index in [1.54, 1.807) is 43.0 Å². The third kappa shape index (κ3) is 6.69. The predicted molar refractivity (Wildman–Crippen MR) is 159 cm³/mol. The van der Waals surface area contributed by atoms with E-state index in [1.165, 1.54) is 13.1 Å². The lowest BCUT2D eigenvalue weighted by molar-refractivity contribution is -0.183. The summed E-state index contributed by atoms with van der Waals surface area (Å²) in [4.78, 5) is 79.1. The number of aromatic nitrogens is 2. The van der Waals surface area contributed by atoms with Crippen molar-refractivity contribution in [3.8, 4) is 12.3 Å². The number of anilines is 1. The standard InChI is InChI=1S/C31H36N4O10/c1-6-30(5)23(45-26(25(30)44-20(4)37)35-16-13-24(38)33-29(35)41)18-43-31(19(3)36,27(39)42-7-2)17-21-9-11-22(12-10-21)34-15-8-14-32-28(34)40/h1,9-13,16,23,25-26H,7-8,14-15,17-18H2,2-5H3,(H,32,40)(H,33,38,41)/t23-,25+,26-,30+,31?/m1/s1. The summed E-state index contributed by atoms with van der Waals surface area (Å²) >= 11 is 0. The van der Waals surface area contributed by atoms with Gasteiger partial charge in [0.15, 0.2) is 18.1 Å². The number of ether oxygens (including phenoxy) is 4. The number of H-pyrrole nitrogens is 1. The van der Waals surface area contributed by atoms with Crippen molar-refractivity contribution in [3.05, 3.63) is 62.9 Å². The van der Waals surface area contributed by atoms with Crippen LogP contribution in [0.1, 0.15) is 45.9 Å². The van der Waals surface area contributed by atoms with Gasteiger partial charge in [-0.05, 0) is 44.9 Å². The number of amides is 2. The zero-order chi connectivity index (χ0) is 32.9. The molecule has 1 aromatic heterocycles. The van der Waals surface area contributed by atoms with Gasteiger partial charge in [-0.25, -0.2) is 14.4 Å². The molecule has 1 unspecified atom stereocenters. The van der Waals surface area contributed by atoms with Gasteiger partial charge in [-0.3, -0.25) is 28.8 Å². The molecule has 14 heteroatoms. The third-order valence-electron chi connectivity index (χ3n) is 7.99. The predicted octanol–water partition coefficient (Wildman–Crippen LogP) is 1.08. The Morgan fingerprint density at radius 2 is 1.87 bits per heavy atom. The Morgan fingerprint density at radius 1 is 1.16 bits per heavy atom.